The number of hydrogen-bond donors (Lipinski definition) is 1. The van der Waals surface area contributed by atoms with Gasteiger partial charge in [-0.3, -0.25) is 4.79 Å². The van der Waals surface area contributed by atoms with Crippen molar-refractivity contribution in [1.82, 2.24) is 5.32 Å². The third kappa shape index (κ3) is 5.57. The number of rotatable bonds is 5. The SMILES string of the molecule is Cc1c(C(=O)NCCS(C)(=O)=O)cc(Br)cc1S(=O)(=O)Cl. The Labute approximate surface area is 136 Å². The minimum absolute atomic E-state index is 0.0629. The van der Waals surface area contributed by atoms with E-state index in [9.17, 15) is 21.6 Å². The maximum absolute atomic E-state index is 12.0. The van der Waals surface area contributed by atoms with Crippen LogP contribution in [0.4, 0.5) is 0 Å². The summed E-state index contributed by atoms with van der Waals surface area (Å²) < 4.78 is 45.3. The molecule has 0 aliphatic carbocycles. The van der Waals surface area contributed by atoms with Gasteiger partial charge in [0.05, 0.1) is 10.6 Å². The van der Waals surface area contributed by atoms with Gasteiger partial charge in [0.1, 0.15) is 9.84 Å². The lowest BCUT2D eigenvalue weighted by atomic mass is 10.1. The zero-order valence-electron chi connectivity index (χ0n) is 11.2. The van der Waals surface area contributed by atoms with Crippen LogP contribution in [0.1, 0.15) is 15.9 Å². The molecular formula is C11H13BrClNO5S2. The Hall–Kier alpha value is -0.640. The first kappa shape index (κ1) is 18.4. The van der Waals surface area contributed by atoms with Gasteiger partial charge in [0.25, 0.3) is 15.0 Å². The molecule has 0 atom stereocenters. The van der Waals surface area contributed by atoms with Gasteiger partial charge >= 0.3 is 0 Å². The molecule has 0 aromatic heterocycles. The van der Waals surface area contributed by atoms with Crippen molar-refractivity contribution in [2.24, 2.45) is 0 Å². The molecule has 10 heteroatoms. The van der Waals surface area contributed by atoms with Gasteiger partial charge in [-0.25, -0.2) is 16.8 Å². The second-order valence-electron chi connectivity index (χ2n) is 4.40. The Morgan fingerprint density at radius 2 is 1.86 bits per heavy atom. The number of benzene rings is 1. The van der Waals surface area contributed by atoms with Crippen LogP contribution < -0.4 is 5.32 Å². The van der Waals surface area contributed by atoms with Gasteiger partial charge in [0.2, 0.25) is 0 Å². The van der Waals surface area contributed by atoms with E-state index in [0.29, 0.717) is 4.47 Å². The van der Waals surface area contributed by atoms with Gasteiger partial charge in [-0.15, -0.1) is 0 Å². The summed E-state index contributed by atoms with van der Waals surface area (Å²) in [6.07, 6.45) is 1.06. The molecule has 1 aromatic rings. The molecule has 1 aromatic carbocycles. The van der Waals surface area contributed by atoms with E-state index >= 15 is 0 Å². The molecule has 0 saturated carbocycles. The largest absolute Gasteiger partial charge is 0.351 e. The number of carbonyl (C=O) groups excluding carboxylic acids is 1. The third-order valence-corrected chi connectivity index (χ3v) is 5.44. The molecule has 1 N–H and O–H groups in total. The van der Waals surface area contributed by atoms with Crippen molar-refractivity contribution in [3.05, 3.63) is 27.7 Å². The van der Waals surface area contributed by atoms with Crippen LogP contribution in [0.3, 0.4) is 0 Å². The topological polar surface area (TPSA) is 97.4 Å². The van der Waals surface area contributed by atoms with E-state index in [-0.39, 0.29) is 28.3 Å². The van der Waals surface area contributed by atoms with E-state index < -0.39 is 24.8 Å². The quantitative estimate of drug-likeness (QED) is 0.730. The third-order valence-electron chi connectivity index (χ3n) is 2.59. The zero-order valence-corrected chi connectivity index (χ0v) is 15.2. The highest BCUT2D eigenvalue weighted by Crippen LogP contribution is 2.27. The number of amides is 1. The standard InChI is InChI=1S/C11H13BrClNO5S2/c1-7-9(11(15)14-3-4-20(2,16)17)5-8(12)6-10(7)21(13,18)19/h5-6H,3-4H2,1-2H3,(H,14,15). The molecular weight excluding hydrogens is 406 g/mol. The van der Waals surface area contributed by atoms with Crippen molar-refractivity contribution in [2.75, 3.05) is 18.6 Å². The molecule has 0 unspecified atom stereocenters. The first-order valence-corrected chi connectivity index (χ1v) is 10.8. The maximum atomic E-state index is 12.0. The molecule has 0 fully saturated rings. The molecule has 1 amide bonds. The number of halogens is 2. The lowest BCUT2D eigenvalue weighted by Gasteiger charge is -2.11. The summed E-state index contributed by atoms with van der Waals surface area (Å²) in [5.41, 5.74) is 0.308. The van der Waals surface area contributed by atoms with Gasteiger partial charge in [-0.05, 0) is 24.6 Å². The van der Waals surface area contributed by atoms with Crippen LogP contribution >= 0.6 is 26.6 Å². The van der Waals surface area contributed by atoms with E-state index in [4.69, 9.17) is 10.7 Å². The molecule has 0 radical (unpaired) electrons. The summed E-state index contributed by atoms with van der Waals surface area (Å²) in [5, 5.41) is 2.43. The number of carbonyl (C=O) groups is 1. The Kier molecular flexibility index (Phi) is 5.82. The fraction of sp³-hybridized carbons (Fsp3) is 0.364. The number of sulfone groups is 1. The first-order chi connectivity index (χ1) is 9.42. The summed E-state index contributed by atoms with van der Waals surface area (Å²) in [7, 11) is -1.87. The highest BCUT2D eigenvalue weighted by atomic mass is 79.9. The normalized spacial score (nSPS) is 12.2. The van der Waals surface area contributed by atoms with Crippen molar-refractivity contribution in [3.63, 3.8) is 0 Å². The predicted molar refractivity (Wildman–Crippen MR) is 84.0 cm³/mol. The van der Waals surface area contributed by atoms with Crippen LogP contribution in [0.25, 0.3) is 0 Å². The lowest BCUT2D eigenvalue weighted by Crippen LogP contribution is -2.29. The van der Waals surface area contributed by atoms with Crippen molar-refractivity contribution in [1.29, 1.82) is 0 Å². The van der Waals surface area contributed by atoms with E-state index in [1.807, 2.05) is 0 Å². The van der Waals surface area contributed by atoms with Gasteiger partial charge in [-0.2, -0.15) is 0 Å². The van der Waals surface area contributed by atoms with Crippen LogP contribution in [0.15, 0.2) is 21.5 Å². The van der Waals surface area contributed by atoms with Crippen LogP contribution in [0, 0.1) is 6.92 Å². The second kappa shape index (κ2) is 6.64. The van der Waals surface area contributed by atoms with Crippen molar-refractivity contribution in [2.45, 2.75) is 11.8 Å². The summed E-state index contributed by atoms with van der Waals surface area (Å²) >= 11 is 3.11. The molecule has 0 heterocycles. The van der Waals surface area contributed by atoms with Crippen LogP contribution in [0.5, 0.6) is 0 Å². The zero-order chi connectivity index (χ0) is 16.4. The van der Waals surface area contributed by atoms with E-state index in [1.165, 1.54) is 19.1 Å². The highest BCUT2D eigenvalue weighted by Gasteiger charge is 2.20. The summed E-state index contributed by atoms with van der Waals surface area (Å²) in [6, 6.07) is 2.74. The number of nitrogens with one attached hydrogen (secondary N) is 1. The average Bonchev–Trinajstić information content (AvgIpc) is 2.28. The van der Waals surface area contributed by atoms with Crippen LogP contribution in [0.2, 0.25) is 0 Å². The minimum Gasteiger partial charge on any atom is -0.351 e. The molecule has 118 valence electrons. The van der Waals surface area contributed by atoms with Gasteiger partial charge in [-0.1, -0.05) is 15.9 Å². The van der Waals surface area contributed by atoms with Crippen molar-refractivity contribution in [3.8, 4) is 0 Å². The lowest BCUT2D eigenvalue weighted by molar-refractivity contribution is 0.0955. The van der Waals surface area contributed by atoms with Gasteiger partial charge in [0, 0.05) is 33.5 Å². The van der Waals surface area contributed by atoms with Crippen molar-refractivity contribution < 1.29 is 21.6 Å². The predicted octanol–water partition coefficient (Wildman–Crippen LogP) is 1.46. The Morgan fingerprint density at radius 3 is 2.33 bits per heavy atom. The molecule has 0 bridgehead atoms. The summed E-state index contributed by atoms with van der Waals surface area (Å²) in [4.78, 5) is 11.8. The Balaban J connectivity index is 3.08. The van der Waals surface area contributed by atoms with Gasteiger partial charge < -0.3 is 5.32 Å². The van der Waals surface area contributed by atoms with Crippen LogP contribution in [-0.4, -0.2) is 41.3 Å². The smallest absolute Gasteiger partial charge is 0.261 e. The molecule has 0 spiro atoms. The fourth-order valence-electron chi connectivity index (χ4n) is 1.59. The Morgan fingerprint density at radius 1 is 1.29 bits per heavy atom. The second-order valence-corrected chi connectivity index (χ2v) is 10.1. The molecule has 0 aliphatic heterocycles. The van der Waals surface area contributed by atoms with Crippen molar-refractivity contribution >= 4 is 51.4 Å². The van der Waals surface area contributed by atoms with E-state index in [2.05, 4.69) is 21.2 Å². The van der Waals surface area contributed by atoms with Gasteiger partial charge in [0.15, 0.2) is 0 Å². The van der Waals surface area contributed by atoms with Crippen LogP contribution in [-0.2, 0) is 18.9 Å². The van der Waals surface area contributed by atoms with E-state index in [0.717, 1.165) is 6.26 Å². The monoisotopic (exact) mass is 417 g/mol. The average molecular weight is 419 g/mol. The molecule has 0 saturated heterocycles. The van der Waals surface area contributed by atoms with E-state index in [1.54, 1.807) is 0 Å². The summed E-state index contributed by atoms with van der Waals surface area (Å²) in [6.45, 7) is 1.39. The Bertz CT molecular complexity index is 774. The fourth-order valence-corrected chi connectivity index (χ4v) is 3.89. The number of hydrogen-bond acceptors (Lipinski definition) is 5. The highest BCUT2D eigenvalue weighted by molar-refractivity contribution is 9.10. The molecule has 0 aliphatic rings. The molecule has 1 rings (SSSR count). The molecule has 6 nitrogen and oxygen atoms in total. The minimum atomic E-state index is -3.99. The molecule has 21 heavy (non-hydrogen) atoms. The first-order valence-electron chi connectivity index (χ1n) is 5.62. The summed E-state index contributed by atoms with van der Waals surface area (Å²) in [5.74, 6) is -0.772. The maximum Gasteiger partial charge on any atom is 0.261 e.